The Morgan fingerprint density at radius 3 is 2.25 bits per heavy atom. The van der Waals surface area contributed by atoms with Gasteiger partial charge in [-0.1, -0.05) is 0 Å². The summed E-state index contributed by atoms with van der Waals surface area (Å²) >= 11 is 0. The van der Waals surface area contributed by atoms with E-state index in [2.05, 4.69) is 42.7 Å². The van der Waals surface area contributed by atoms with Crippen LogP contribution in [0, 0.1) is 5.92 Å². The lowest BCUT2D eigenvalue weighted by molar-refractivity contribution is 0.0632. The monoisotopic (exact) mass is 329 g/mol. The molecule has 0 unspecified atom stereocenters. The lowest BCUT2D eigenvalue weighted by Crippen LogP contribution is -2.49. The van der Waals surface area contributed by atoms with Gasteiger partial charge < -0.3 is 9.80 Å². The first-order valence-corrected chi connectivity index (χ1v) is 9.46. The molecule has 0 bridgehead atoms. The van der Waals surface area contributed by atoms with Gasteiger partial charge in [0.15, 0.2) is 0 Å². The second kappa shape index (κ2) is 7.56. The highest BCUT2D eigenvalue weighted by molar-refractivity contribution is 5.94. The zero-order valence-electron chi connectivity index (χ0n) is 15.4. The molecular weight excluding hydrogens is 298 g/mol. The first-order valence-electron chi connectivity index (χ1n) is 9.46. The molecule has 1 saturated carbocycles. The number of benzene rings is 1. The number of anilines is 1. The summed E-state index contributed by atoms with van der Waals surface area (Å²) in [5.74, 6) is 1.11. The Morgan fingerprint density at radius 1 is 1.12 bits per heavy atom. The molecule has 0 atom stereocenters. The first-order chi connectivity index (χ1) is 11.6. The van der Waals surface area contributed by atoms with Crippen molar-refractivity contribution in [2.45, 2.75) is 39.7 Å². The number of piperazine rings is 1. The first kappa shape index (κ1) is 17.3. The molecule has 1 amide bonds. The number of hydrogen-bond acceptors (Lipinski definition) is 3. The summed E-state index contributed by atoms with van der Waals surface area (Å²) in [6, 6.07) is 8.61. The second-order valence-corrected chi connectivity index (χ2v) is 7.46. The minimum atomic E-state index is 0.181. The van der Waals surface area contributed by atoms with Crippen LogP contribution in [0.1, 0.15) is 44.0 Å². The van der Waals surface area contributed by atoms with E-state index in [1.165, 1.54) is 25.1 Å². The average Bonchev–Trinajstić information content (AvgIpc) is 3.40. The van der Waals surface area contributed by atoms with Crippen LogP contribution in [0.4, 0.5) is 5.69 Å². The van der Waals surface area contributed by atoms with Crippen LogP contribution in [0.15, 0.2) is 24.3 Å². The summed E-state index contributed by atoms with van der Waals surface area (Å²) in [5.41, 5.74) is 2.01. The van der Waals surface area contributed by atoms with Gasteiger partial charge in [0.25, 0.3) is 5.91 Å². The number of carbonyl (C=O) groups excluding carboxylic acids is 1. The molecule has 2 fully saturated rings. The quantitative estimate of drug-likeness (QED) is 0.802. The smallest absolute Gasteiger partial charge is 0.253 e. The van der Waals surface area contributed by atoms with Crippen molar-refractivity contribution < 1.29 is 4.79 Å². The van der Waals surface area contributed by atoms with Gasteiger partial charge in [0.1, 0.15) is 0 Å². The fraction of sp³-hybridized carbons (Fsp3) is 0.650. The molecule has 2 aliphatic rings. The molecule has 132 valence electrons. The highest BCUT2D eigenvalue weighted by atomic mass is 16.2. The van der Waals surface area contributed by atoms with Gasteiger partial charge in [0.2, 0.25) is 0 Å². The molecule has 0 radical (unpaired) electrons. The third kappa shape index (κ3) is 4.10. The summed E-state index contributed by atoms with van der Waals surface area (Å²) < 4.78 is 0. The van der Waals surface area contributed by atoms with Crippen LogP contribution in [0.3, 0.4) is 0 Å². The van der Waals surface area contributed by atoms with Crippen molar-refractivity contribution in [2.75, 3.05) is 44.2 Å². The van der Waals surface area contributed by atoms with Gasteiger partial charge in [-0.15, -0.1) is 0 Å². The predicted molar refractivity (Wildman–Crippen MR) is 99.7 cm³/mol. The molecule has 0 aromatic heterocycles. The van der Waals surface area contributed by atoms with Crippen LogP contribution in [-0.4, -0.2) is 61.0 Å². The normalized spacial score (nSPS) is 18.9. The molecule has 1 aromatic carbocycles. The van der Waals surface area contributed by atoms with Crippen LogP contribution in [0.25, 0.3) is 0 Å². The van der Waals surface area contributed by atoms with Crippen molar-refractivity contribution in [1.29, 1.82) is 0 Å². The van der Waals surface area contributed by atoms with Crippen molar-refractivity contribution in [3.8, 4) is 0 Å². The van der Waals surface area contributed by atoms with E-state index in [0.29, 0.717) is 6.04 Å². The maximum atomic E-state index is 12.7. The van der Waals surface area contributed by atoms with Crippen molar-refractivity contribution in [2.24, 2.45) is 5.92 Å². The van der Waals surface area contributed by atoms with Crippen LogP contribution in [0.2, 0.25) is 0 Å². The van der Waals surface area contributed by atoms with E-state index < -0.39 is 0 Å². The summed E-state index contributed by atoms with van der Waals surface area (Å²) in [5, 5.41) is 0. The average molecular weight is 329 g/mol. The van der Waals surface area contributed by atoms with Gasteiger partial charge in [0, 0.05) is 56.6 Å². The third-order valence-corrected chi connectivity index (χ3v) is 5.28. The van der Waals surface area contributed by atoms with Gasteiger partial charge in [-0.2, -0.15) is 0 Å². The van der Waals surface area contributed by atoms with Gasteiger partial charge in [-0.25, -0.2) is 0 Å². The van der Waals surface area contributed by atoms with Crippen LogP contribution in [0.5, 0.6) is 0 Å². The minimum absolute atomic E-state index is 0.181. The fourth-order valence-corrected chi connectivity index (χ4v) is 3.62. The Kier molecular flexibility index (Phi) is 5.44. The Hall–Kier alpha value is -1.55. The number of hydrogen-bond donors (Lipinski definition) is 0. The number of rotatable bonds is 6. The topological polar surface area (TPSA) is 26.8 Å². The zero-order valence-corrected chi connectivity index (χ0v) is 15.4. The summed E-state index contributed by atoms with van der Waals surface area (Å²) in [4.78, 5) is 19.6. The van der Waals surface area contributed by atoms with E-state index in [-0.39, 0.29) is 5.91 Å². The molecule has 24 heavy (non-hydrogen) atoms. The molecule has 0 N–H and O–H groups in total. The lowest BCUT2D eigenvalue weighted by atomic mass is 10.1. The molecule has 3 rings (SSSR count). The molecule has 1 aromatic rings. The summed E-state index contributed by atoms with van der Waals surface area (Å²) in [7, 11) is 0. The van der Waals surface area contributed by atoms with Crippen molar-refractivity contribution >= 4 is 11.6 Å². The van der Waals surface area contributed by atoms with Crippen LogP contribution >= 0.6 is 0 Å². The van der Waals surface area contributed by atoms with Crippen molar-refractivity contribution in [3.05, 3.63) is 29.8 Å². The Balaban J connectivity index is 1.57. The van der Waals surface area contributed by atoms with Crippen molar-refractivity contribution in [3.63, 3.8) is 0 Å². The molecule has 1 saturated heterocycles. The van der Waals surface area contributed by atoms with E-state index in [1.54, 1.807) is 0 Å². The maximum Gasteiger partial charge on any atom is 0.253 e. The van der Waals surface area contributed by atoms with E-state index in [4.69, 9.17) is 0 Å². The Morgan fingerprint density at radius 2 is 1.75 bits per heavy atom. The van der Waals surface area contributed by atoms with Gasteiger partial charge in [-0.3, -0.25) is 9.69 Å². The molecule has 1 aliphatic carbocycles. The highest BCUT2D eigenvalue weighted by Crippen LogP contribution is 2.30. The van der Waals surface area contributed by atoms with Gasteiger partial charge >= 0.3 is 0 Å². The number of nitrogens with zero attached hydrogens (tertiary/aromatic N) is 3. The minimum Gasteiger partial charge on any atom is -0.369 e. The van der Waals surface area contributed by atoms with Crippen LogP contribution in [-0.2, 0) is 0 Å². The molecular formula is C20H31N3O. The summed E-state index contributed by atoms with van der Waals surface area (Å²) in [6.45, 7) is 12.6. The molecule has 4 nitrogen and oxygen atoms in total. The fourth-order valence-electron chi connectivity index (χ4n) is 3.62. The van der Waals surface area contributed by atoms with E-state index in [0.717, 1.165) is 44.2 Å². The molecule has 0 spiro atoms. The largest absolute Gasteiger partial charge is 0.369 e. The lowest BCUT2D eigenvalue weighted by Gasteiger charge is -2.35. The number of amides is 1. The predicted octanol–water partition coefficient (Wildman–Crippen LogP) is 3.09. The highest BCUT2D eigenvalue weighted by Gasteiger charge is 2.27. The third-order valence-electron chi connectivity index (χ3n) is 5.28. The molecule has 1 aliphatic heterocycles. The standard InChI is InChI=1S/C20H31N3O/c1-4-23(16(2)3)19-9-7-18(8-10-19)20(24)22-13-11-21(12-14-22)15-17-5-6-17/h7-10,16-17H,4-6,11-15H2,1-3H3. The molecule has 1 heterocycles. The summed E-state index contributed by atoms with van der Waals surface area (Å²) in [6.07, 6.45) is 2.80. The van der Waals surface area contributed by atoms with Gasteiger partial charge in [0.05, 0.1) is 0 Å². The Bertz CT molecular complexity index is 543. The maximum absolute atomic E-state index is 12.7. The van der Waals surface area contributed by atoms with Crippen molar-refractivity contribution in [1.82, 2.24) is 9.80 Å². The zero-order chi connectivity index (χ0) is 17.1. The second-order valence-electron chi connectivity index (χ2n) is 7.46. The van der Waals surface area contributed by atoms with E-state index in [1.807, 2.05) is 17.0 Å². The van der Waals surface area contributed by atoms with Gasteiger partial charge in [-0.05, 0) is 63.8 Å². The van der Waals surface area contributed by atoms with E-state index in [9.17, 15) is 4.79 Å². The Labute approximate surface area is 146 Å². The molecule has 4 heteroatoms. The SMILES string of the molecule is CCN(c1ccc(C(=O)N2CCN(CC3CC3)CC2)cc1)C(C)C. The number of carbonyl (C=O) groups is 1. The van der Waals surface area contributed by atoms with E-state index >= 15 is 0 Å². The van der Waals surface area contributed by atoms with Crippen LogP contribution < -0.4 is 4.90 Å².